The minimum Gasteiger partial charge on any atom is -0.350 e. The number of amides is 1. The molecule has 2 aromatic carbocycles. The maximum atomic E-state index is 12.9. The zero-order chi connectivity index (χ0) is 19.4. The third-order valence-corrected chi connectivity index (χ3v) is 4.88. The lowest BCUT2D eigenvalue weighted by Gasteiger charge is -2.25. The zero-order valence-electron chi connectivity index (χ0n) is 16.0. The summed E-state index contributed by atoms with van der Waals surface area (Å²) in [4.78, 5) is 27.3. The van der Waals surface area contributed by atoms with E-state index in [0.717, 1.165) is 6.42 Å². The summed E-state index contributed by atoms with van der Waals surface area (Å²) in [7, 11) is 5.70. The number of rotatable bonds is 6. The first-order valence-corrected chi connectivity index (χ1v) is 9.04. The van der Waals surface area contributed by atoms with Crippen LogP contribution in [0, 0.1) is 0 Å². The molecule has 0 saturated carbocycles. The number of hydrogen-bond acceptors (Lipinski definition) is 3. The summed E-state index contributed by atoms with van der Waals surface area (Å²) in [5.41, 5.74) is 1.65. The number of carbonyl (C=O) groups is 1. The van der Waals surface area contributed by atoms with Gasteiger partial charge in [0, 0.05) is 36.6 Å². The Hall–Kier alpha value is -2.92. The second-order valence-corrected chi connectivity index (χ2v) is 7.02. The Bertz CT molecular complexity index is 993. The third-order valence-electron chi connectivity index (χ3n) is 4.88. The molecule has 1 N–H and O–H groups in total. The Balaban J connectivity index is 1.80. The molecule has 0 aliphatic carbocycles. The van der Waals surface area contributed by atoms with E-state index in [-0.39, 0.29) is 17.5 Å². The van der Waals surface area contributed by atoms with Crippen molar-refractivity contribution in [2.45, 2.75) is 12.5 Å². The molecule has 1 heterocycles. The molecule has 0 spiro atoms. The van der Waals surface area contributed by atoms with Crippen molar-refractivity contribution in [3.63, 3.8) is 0 Å². The Kier molecular flexibility index (Phi) is 5.72. The molecule has 3 rings (SSSR count). The van der Waals surface area contributed by atoms with Crippen molar-refractivity contribution in [3.8, 4) is 0 Å². The predicted octanol–water partition coefficient (Wildman–Crippen LogP) is 2.44. The van der Waals surface area contributed by atoms with Gasteiger partial charge in [0.1, 0.15) is 0 Å². The van der Waals surface area contributed by atoms with Crippen molar-refractivity contribution in [3.05, 3.63) is 82.3 Å². The zero-order valence-corrected chi connectivity index (χ0v) is 16.0. The lowest BCUT2D eigenvalue weighted by molar-refractivity contribution is 0.0942. The van der Waals surface area contributed by atoms with Gasteiger partial charge in [-0.3, -0.25) is 9.59 Å². The maximum Gasteiger partial charge on any atom is 0.258 e. The monoisotopic (exact) mass is 363 g/mol. The van der Waals surface area contributed by atoms with Crippen LogP contribution in [0.25, 0.3) is 10.8 Å². The van der Waals surface area contributed by atoms with Gasteiger partial charge < -0.3 is 14.8 Å². The molecule has 0 aliphatic rings. The first-order chi connectivity index (χ1) is 13.0. The Morgan fingerprint density at radius 1 is 1.04 bits per heavy atom. The van der Waals surface area contributed by atoms with Crippen molar-refractivity contribution in [2.75, 3.05) is 20.6 Å². The molecule has 0 saturated heterocycles. The molecule has 3 aromatic rings. The maximum absolute atomic E-state index is 12.9. The molecule has 5 heteroatoms. The molecule has 1 aromatic heterocycles. The van der Waals surface area contributed by atoms with E-state index >= 15 is 0 Å². The van der Waals surface area contributed by atoms with Gasteiger partial charge in [0.25, 0.3) is 11.5 Å². The summed E-state index contributed by atoms with van der Waals surface area (Å²) in [6.45, 7) is 0.526. The molecule has 27 heavy (non-hydrogen) atoms. The average molecular weight is 363 g/mol. The molecule has 0 radical (unpaired) electrons. The van der Waals surface area contributed by atoms with Gasteiger partial charge in [-0.15, -0.1) is 0 Å². The molecule has 1 atom stereocenters. The van der Waals surface area contributed by atoms with Gasteiger partial charge in [-0.25, -0.2) is 0 Å². The summed E-state index contributed by atoms with van der Waals surface area (Å²) in [5.74, 6) is -0.165. The Morgan fingerprint density at radius 3 is 2.33 bits per heavy atom. The summed E-state index contributed by atoms with van der Waals surface area (Å²) < 4.78 is 1.46. The first-order valence-electron chi connectivity index (χ1n) is 9.04. The highest BCUT2D eigenvalue weighted by Crippen LogP contribution is 2.15. The van der Waals surface area contributed by atoms with Gasteiger partial charge in [0.2, 0.25) is 0 Å². The van der Waals surface area contributed by atoms with Gasteiger partial charge in [-0.2, -0.15) is 0 Å². The fourth-order valence-electron chi connectivity index (χ4n) is 3.23. The molecular formula is C22H25N3O2. The summed E-state index contributed by atoms with van der Waals surface area (Å²) in [6.07, 6.45) is 2.46. The van der Waals surface area contributed by atoms with Crippen LogP contribution in [0.2, 0.25) is 0 Å². The average Bonchev–Trinajstić information content (AvgIpc) is 2.68. The van der Waals surface area contributed by atoms with Crippen molar-refractivity contribution in [2.24, 2.45) is 7.05 Å². The number of benzene rings is 2. The van der Waals surface area contributed by atoms with E-state index in [2.05, 4.69) is 22.3 Å². The van der Waals surface area contributed by atoms with Crippen LogP contribution in [0.3, 0.4) is 0 Å². The fraction of sp³-hybridized carbons (Fsp3) is 0.273. The fourth-order valence-corrected chi connectivity index (χ4v) is 3.23. The van der Waals surface area contributed by atoms with E-state index in [1.54, 1.807) is 19.3 Å². The van der Waals surface area contributed by atoms with Crippen molar-refractivity contribution in [1.82, 2.24) is 14.8 Å². The van der Waals surface area contributed by atoms with Crippen molar-refractivity contribution < 1.29 is 4.79 Å². The van der Waals surface area contributed by atoms with E-state index in [4.69, 9.17) is 0 Å². The number of nitrogens with zero attached hydrogens (tertiary/aromatic N) is 2. The van der Waals surface area contributed by atoms with E-state index < -0.39 is 0 Å². The quantitative estimate of drug-likeness (QED) is 0.732. The van der Waals surface area contributed by atoms with Crippen LogP contribution in [0.5, 0.6) is 0 Å². The Labute approximate surface area is 159 Å². The van der Waals surface area contributed by atoms with Crippen LogP contribution in [0.4, 0.5) is 0 Å². The number of aromatic nitrogens is 1. The molecule has 5 nitrogen and oxygen atoms in total. The van der Waals surface area contributed by atoms with Crippen LogP contribution < -0.4 is 10.9 Å². The summed E-state index contributed by atoms with van der Waals surface area (Å²) in [6, 6.07) is 17.7. The number of hydrogen-bond donors (Lipinski definition) is 1. The number of nitrogens with one attached hydrogen (secondary N) is 1. The minimum absolute atomic E-state index is 0.0996. The highest BCUT2D eigenvalue weighted by Gasteiger charge is 2.17. The number of fused-ring (bicyclic) bond motifs is 1. The highest BCUT2D eigenvalue weighted by molar-refractivity contribution is 6.06. The molecular weight excluding hydrogens is 338 g/mol. The first kappa shape index (κ1) is 18.9. The molecule has 1 unspecified atom stereocenters. The normalized spacial score (nSPS) is 12.3. The summed E-state index contributed by atoms with van der Waals surface area (Å²) >= 11 is 0. The predicted molar refractivity (Wildman–Crippen MR) is 109 cm³/mol. The third kappa shape index (κ3) is 4.26. The standard InChI is InChI=1S/C22H25N3O2/c1-24(2)17(13-16-9-5-4-6-10-16)14-23-21(26)20-15-25(3)22(27)19-12-8-7-11-18(19)20/h4-12,15,17H,13-14H2,1-3H3,(H,23,26). The largest absolute Gasteiger partial charge is 0.350 e. The number of pyridine rings is 1. The second kappa shape index (κ2) is 8.18. The number of aryl methyl sites for hydroxylation is 1. The van der Waals surface area contributed by atoms with Crippen LogP contribution >= 0.6 is 0 Å². The summed E-state index contributed by atoms with van der Waals surface area (Å²) in [5, 5.41) is 4.28. The van der Waals surface area contributed by atoms with E-state index in [0.29, 0.717) is 22.9 Å². The van der Waals surface area contributed by atoms with Gasteiger partial charge in [-0.05, 0) is 32.1 Å². The van der Waals surface area contributed by atoms with Gasteiger partial charge >= 0.3 is 0 Å². The smallest absolute Gasteiger partial charge is 0.258 e. The van der Waals surface area contributed by atoms with Gasteiger partial charge in [0.15, 0.2) is 0 Å². The van der Waals surface area contributed by atoms with Gasteiger partial charge in [0.05, 0.1) is 5.56 Å². The van der Waals surface area contributed by atoms with E-state index in [1.165, 1.54) is 10.1 Å². The number of carbonyl (C=O) groups excluding carboxylic acids is 1. The highest BCUT2D eigenvalue weighted by atomic mass is 16.2. The molecule has 0 aliphatic heterocycles. The van der Waals surface area contributed by atoms with Crippen molar-refractivity contribution in [1.29, 1.82) is 0 Å². The second-order valence-electron chi connectivity index (χ2n) is 7.02. The lowest BCUT2D eigenvalue weighted by atomic mass is 10.0. The van der Waals surface area contributed by atoms with Crippen LogP contribution in [0.1, 0.15) is 15.9 Å². The van der Waals surface area contributed by atoms with E-state index in [9.17, 15) is 9.59 Å². The SMILES string of the molecule is CN(C)C(CNC(=O)c1cn(C)c(=O)c2ccccc12)Cc1ccccc1. The van der Waals surface area contributed by atoms with E-state index in [1.807, 2.05) is 50.5 Å². The van der Waals surface area contributed by atoms with Crippen LogP contribution in [0.15, 0.2) is 65.6 Å². The minimum atomic E-state index is -0.165. The van der Waals surface area contributed by atoms with Gasteiger partial charge in [-0.1, -0.05) is 48.5 Å². The molecule has 140 valence electrons. The lowest BCUT2D eigenvalue weighted by Crippen LogP contribution is -2.41. The number of likely N-dealkylation sites (N-methyl/N-ethyl adjacent to an activating group) is 1. The Morgan fingerprint density at radius 2 is 1.67 bits per heavy atom. The molecule has 0 fully saturated rings. The topological polar surface area (TPSA) is 54.3 Å². The molecule has 0 bridgehead atoms. The molecule has 1 amide bonds. The van der Waals surface area contributed by atoms with Crippen LogP contribution in [-0.2, 0) is 13.5 Å². The van der Waals surface area contributed by atoms with Crippen molar-refractivity contribution >= 4 is 16.7 Å². The van der Waals surface area contributed by atoms with Crippen LogP contribution in [-0.4, -0.2) is 42.1 Å².